The lowest BCUT2D eigenvalue weighted by molar-refractivity contribution is 0.221. The second-order valence-corrected chi connectivity index (χ2v) is 5.47. The highest BCUT2D eigenvalue weighted by molar-refractivity contribution is 5.88. The molecule has 0 bridgehead atoms. The van der Waals surface area contributed by atoms with Crippen LogP contribution in [-0.2, 0) is 6.54 Å². The number of likely N-dealkylation sites (tertiary alicyclic amines) is 1. The third-order valence-electron chi connectivity index (χ3n) is 4.14. The largest absolute Gasteiger partial charge is 0.361 e. The minimum absolute atomic E-state index is 0.980. The molecular weight excluding hydrogens is 232 g/mol. The standard InChI is InChI=1S/C17H20N2/c1-3-14-11-13(2)17-15(7-8-18-17)16(14)12-19-9-5-4-6-10-19/h1,7-8,11,18H,4-6,9-10,12H2,2H3. The molecule has 1 fully saturated rings. The number of aromatic nitrogens is 1. The van der Waals surface area contributed by atoms with Gasteiger partial charge < -0.3 is 4.98 Å². The molecule has 1 aliphatic heterocycles. The van der Waals surface area contributed by atoms with Crippen molar-refractivity contribution < 1.29 is 0 Å². The number of rotatable bonds is 2. The molecular formula is C17H20N2. The lowest BCUT2D eigenvalue weighted by atomic mass is 9.98. The van der Waals surface area contributed by atoms with E-state index in [2.05, 4.69) is 34.9 Å². The summed E-state index contributed by atoms with van der Waals surface area (Å²) < 4.78 is 0. The van der Waals surface area contributed by atoms with E-state index in [1.165, 1.54) is 54.4 Å². The number of aryl methyl sites for hydroxylation is 1. The maximum absolute atomic E-state index is 5.71. The maximum Gasteiger partial charge on any atom is 0.0487 e. The van der Waals surface area contributed by atoms with E-state index in [0.717, 1.165) is 12.1 Å². The molecule has 0 unspecified atom stereocenters. The first-order chi connectivity index (χ1) is 9.29. The molecule has 2 heterocycles. The predicted molar refractivity (Wildman–Crippen MR) is 80.1 cm³/mol. The van der Waals surface area contributed by atoms with Crippen LogP contribution in [0.4, 0.5) is 0 Å². The van der Waals surface area contributed by atoms with Gasteiger partial charge in [0.2, 0.25) is 0 Å². The van der Waals surface area contributed by atoms with Gasteiger partial charge in [-0.15, -0.1) is 6.42 Å². The first-order valence-electron chi connectivity index (χ1n) is 7.08. The summed E-state index contributed by atoms with van der Waals surface area (Å²) in [4.78, 5) is 5.86. The number of H-pyrrole nitrogens is 1. The molecule has 0 aliphatic carbocycles. The first kappa shape index (κ1) is 12.3. The van der Waals surface area contributed by atoms with Gasteiger partial charge >= 0.3 is 0 Å². The highest BCUT2D eigenvalue weighted by atomic mass is 15.1. The van der Waals surface area contributed by atoms with Crippen LogP contribution in [0.3, 0.4) is 0 Å². The van der Waals surface area contributed by atoms with Gasteiger partial charge in [0.15, 0.2) is 0 Å². The number of nitrogens with one attached hydrogen (secondary N) is 1. The van der Waals surface area contributed by atoms with Gasteiger partial charge in [0.1, 0.15) is 0 Å². The van der Waals surface area contributed by atoms with Gasteiger partial charge in [-0.1, -0.05) is 12.3 Å². The van der Waals surface area contributed by atoms with Crippen molar-refractivity contribution in [1.82, 2.24) is 9.88 Å². The molecule has 98 valence electrons. The van der Waals surface area contributed by atoms with Crippen LogP contribution in [0.5, 0.6) is 0 Å². The molecule has 0 amide bonds. The van der Waals surface area contributed by atoms with Crippen LogP contribution in [0.25, 0.3) is 10.9 Å². The zero-order chi connectivity index (χ0) is 13.2. The summed E-state index contributed by atoms with van der Waals surface area (Å²) in [5.41, 5.74) is 4.82. The van der Waals surface area contributed by atoms with Crippen LogP contribution >= 0.6 is 0 Å². The molecule has 1 aliphatic rings. The molecule has 0 spiro atoms. The summed E-state index contributed by atoms with van der Waals surface area (Å²) in [6.45, 7) is 5.49. The molecule has 0 atom stereocenters. The summed E-state index contributed by atoms with van der Waals surface area (Å²) in [6.07, 6.45) is 11.7. The molecule has 19 heavy (non-hydrogen) atoms. The van der Waals surface area contributed by atoms with Crippen LogP contribution in [0, 0.1) is 19.3 Å². The van der Waals surface area contributed by atoms with Gasteiger partial charge in [0.25, 0.3) is 0 Å². The highest BCUT2D eigenvalue weighted by Crippen LogP contribution is 2.27. The molecule has 0 radical (unpaired) electrons. The third-order valence-corrected chi connectivity index (χ3v) is 4.14. The van der Waals surface area contributed by atoms with E-state index in [-0.39, 0.29) is 0 Å². The summed E-state index contributed by atoms with van der Waals surface area (Å²) in [7, 11) is 0. The topological polar surface area (TPSA) is 19.0 Å². The molecule has 1 saturated heterocycles. The number of fused-ring (bicyclic) bond motifs is 1. The number of hydrogen-bond acceptors (Lipinski definition) is 1. The Balaban J connectivity index is 2.03. The fraction of sp³-hybridized carbons (Fsp3) is 0.412. The number of hydrogen-bond donors (Lipinski definition) is 1. The molecule has 2 aromatic rings. The second-order valence-electron chi connectivity index (χ2n) is 5.47. The number of nitrogens with zero attached hydrogens (tertiary/aromatic N) is 1. The van der Waals surface area contributed by atoms with Crippen LogP contribution in [0.15, 0.2) is 18.3 Å². The fourth-order valence-electron chi connectivity index (χ4n) is 3.11. The Morgan fingerprint density at radius 3 is 2.84 bits per heavy atom. The van der Waals surface area contributed by atoms with Gasteiger partial charge in [-0.3, -0.25) is 4.90 Å². The van der Waals surface area contributed by atoms with Gasteiger partial charge in [-0.25, -0.2) is 0 Å². The summed E-state index contributed by atoms with van der Waals surface area (Å²) in [5, 5.41) is 1.29. The van der Waals surface area contributed by atoms with E-state index in [1.54, 1.807) is 0 Å². The summed E-state index contributed by atoms with van der Waals surface area (Å²) in [6, 6.07) is 4.29. The van der Waals surface area contributed by atoms with Crippen molar-refractivity contribution in [2.24, 2.45) is 0 Å². The number of benzene rings is 1. The molecule has 1 aromatic heterocycles. The molecule has 1 aromatic carbocycles. The van der Waals surface area contributed by atoms with Crippen molar-refractivity contribution in [2.75, 3.05) is 13.1 Å². The summed E-state index contributed by atoms with van der Waals surface area (Å²) in [5.74, 6) is 2.87. The van der Waals surface area contributed by atoms with Gasteiger partial charge in [0.05, 0.1) is 0 Å². The Morgan fingerprint density at radius 1 is 1.32 bits per heavy atom. The van der Waals surface area contributed by atoms with Crippen molar-refractivity contribution in [3.63, 3.8) is 0 Å². The van der Waals surface area contributed by atoms with Gasteiger partial charge in [-0.05, 0) is 56.1 Å². The van der Waals surface area contributed by atoms with E-state index in [9.17, 15) is 0 Å². The van der Waals surface area contributed by atoms with Gasteiger partial charge in [0, 0.05) is 29.2 Å². The minimum Gasteiger partial charge on any atom is -0.361 e. The van der Waals surface area contributed by atoms with Gasteiger partial charge in [-0.2, -0.15) is 0 Å². The monoisotopic (exact) mass is 252 g/mol. The Labute approximate surface area is 114 Å². The third kappa shape index (κ3) is 2.27. The molecule has 1 N–H and O–H groups in total. The normalized spacial score (nSPS) is 16.6. The zero-order valence-corrected chi connectivity index (χ0v) is 11.5. The van der Waals surface area contributed by atoms with Crippen molar-refractivity contribution in [3.8, 4) is 12.3 Å². The van der Waals surface area contributed by atoms with E-state index in [0.29, 0.717) is 0 Å². The van der Waals surface area contributed by atoms with Crippen molar-refractivity contribution in [1.29, 1.82) is 0 Å². The van der Waals surface area contributed by atoms with Crippen LogP contribution in [-0.4, -0.2) is 23.0 Å². The zero-order valence-electron chi connectivity index (χ0n) is 11.5. The number of aromatic amines is 1. The van der Waals surface area contributed by atoms with E-state index >= 15 is 0 Å². The molecule has 2 nitrogen and oxygen atoms in total. The highest BCUT2D eigenvalue weighted by Gasteiger charge is 2.15. The number of terminal acetylenes is 1. The maximum atomic E-state index is 5.71. The van der Waals surface area contributed by atoms with Crippen LogP contribution < -0.4 is 0 Å². The molecule has 3 rings (SSSR count). The first-order valence-corrected chi connectivity index (χ1v) is 7.08. The Kier molecular flexibility index (Phi) is 3.31. The Morgan fingerprint density at radius 2 is 2.11 bits per heavy atom. The Bertz CT molecular complexity index is 624. The molecule has 0 saturated carbocycles. The van der Waals surface area contributed by atoms with Crippen LogP contribution in [0.2, 0.25) is 0 Å². The molecule has 2 heteroatoms. The minimum atomic E-state index is 0.980. The van der Waals surface area contributed by atoms with E-state index in [4.69, 9.17) is 6.42 Å². The van der Waals surface area contributed by atoms with Crippen molar-refractivity contribution in [2.45, 2.75) is 32.7 Å². The average molecular weight is 252 g/mol. The SMILES string of the molecule is C#Cc1cc(C)c2[nH]ccc2c1CN1CCCCC1. The number of piperidine rings is 1. The summed E-state index contributed by atoms with van der Waals surface area (Å²) >= 11 is 0. The lowest BCUT2D eigenvalue weighted by Gasteiger charge is -2.27. The fourth-order valence-corrected chi connectivity index (χ4v) is 3.11. The van der Waals surface area contributed by atoms with E-state index < -0.39 is 0 Å². The smallest absolute Gasteiger partial charge is 0.0487 e. The second kappa shape index (κ2) is 5.11. The lowest BCUT2D eigenvalue weighted by Crippen LogP contribution is -2.29. The van der Waals surface area contributed by atoms with Crippen molar-refractivity contribution in [3.05, 3.63) is 35.0 Å². The average Bonchev–Trinajstić information content (AvgIpc) is 2.93. The van der Waals surface area contributed by atoms with Crippen LogP contribution in [0.1, 0.15) is 36.0 Å². The Hall–Kier alpha value is -1.72. The van der Waals surface area contributed by atoms with E-state index in [1.807, 2.05) is 6.20 Å². The van der Waals surface area contributed by atoms with Crippen molar-refractivity contribution >= 4 is 10.9 Å². The quantitative estimate of drug-likeness (QED) is 0.811. The predicted octanol–water partition coefficient (Wildman–Crippen LogP) is 3.44.